The lowest BCUT2D eigenvalue weighted by molar-refractivity contribution is -0.143. The van der Waals surface area contributed by atoms with Crippen LogP contribution in [0, 0.1) is 0 Å². The molecule has 2 aromatic carbocycles. The molecule has 0 amide bonds. The van der Waals surface area contributed by atoms with Gasteiger partial charge in [-0.2, -0.15) is 0 Å². The molecule has 0 spiro atoms. The Balaban J connectivity index is 0.00000264. The zero-order chi connectivity index (χ0) is 16.0. The fraction of sp³-hybridized carbons (Fsp3) is 0.316. The van der Waals surface area contributed by atoms with E-state index in [0.717, 1.165) is 29.5 Å². The molecule has 0 aromatic heterocycles. The van der Waals surface area contributed by atoms with Crippen LogP contribution in [-0.2, 0) is 11.2 Å². The third-order valence-electron chi connectivity index (χ3n) is 3.98. The van der Waals surface area contributed by atoms with Gasteiger partial charge in [0, 0.05) is 6.42 Å². The number of rotatable bonds is 7. The molecule has 0 aliphatic heterocycles. The smallest absolute Gasteiger partial charge is 0.324 e. The lowest BCUT2D eigenvalue weighted by Gasteiger charge is -2.24. The molecule has 0 aliphatic rings. The standard InChI is InChI=1S/C19H23NO2.ClH/c1-2-3-13-19(20,18(21)22)14-15-9-11-17(12-10-15)16-7-5-4-6-8-16;/h4-12H,2-3,13-14,20H2,1H3,(H,21,22);1H/t19-;/m1./s1. The molecule has 4 heteroatoms. The summed E-state index contributed by atoms with van der Waals surface area (Å²) in [5.74, 6) is -0.923. The molecule has 0 bridgehead atoms. The summed E-state index contributed by atoms with van der Waals surface area (Å²) < 4.78 is 0. The van der Waals surface area contributed by atoms with Crippen molar-refractivity contribution >= 4 is 18.4 Å². The third-order valence-corrected chi connectivity index (χ3v) is 3.98. The van der Waals surface area contributed by atoms with Crippen molar-refractivity contribution in [1.82, 2.24) is 0 Å². The summed E-state index contributed by atoms with van der Waals surface area (Å²) in [6, 6.07) is 18.1. The van der Waals surface area contributed by atoms with E-state index in [4.69, 9.17) is 5.73 Å². The summed E-state index contributed by atoms with van der Waals surface area (Å²) in [4.78, 5) is 11.5. The maximum absolute atomic E-state index is 11.5. The number of unbranched alkanes of at least 4 members (excludes halogenated alkanes) is 1. The van der Waals surface area contributed by atoms with Gasteiger partial charge in [-0.25, -0.2) is 0 Å². The van der Waals surface area contributed by atoms with Gasteiger partial charge in [0.05, 0.1) is 0 Å². The number of nitrogens with two attached hydrogens (primary N) is 1. The SMILES string of the molecule is CCCC[C@@](N)(Cc1ccc(-c2ccccc2)cc1)C(=O)O.Cl. The van der Waals surface area contributed by atoms with Gasteiger partial charge in [0.1, 0.15) is 5.54 Å². The number of carboxylic acid groups (broad SMARTS) is 1. The van der Waals surface area contributed by atoms with Crippen LogP contribution >= 0.6 is 12.4 Å². The van der Waals surface area contributed by atoms with E-state index in [-0.39, 0.29) is 12.4 Å². The fourth-order valence-corrected chi connectivity index (χ4v) is 2.57. The highest BCUT2D eigenvalue weighted by Gasteiger charge is 2.33. The summed E-state index contributed by atoms with van der Waals surface area (Å²) in [7, 11) is 0. The lowest BCUT2D eigenvalue weighted by Crippen LogP contribution is -2.49. The molecule has 124 valence electrons. The van der Waals surface area contributed by atoms with E-state index in [0.29, 0.717) is 12.8 Å². The summed E-state index contributed by atoms with van der Waals surface area (Å²) in [5, 5.41) is 9.43. The Hall–Kier alpha value is -1.84. The number of halogens is 1. The van der Waals surface area contributed by atoms with Crippen LogP contribution in [0.5, 0.6) is 0 Å². The van der Waals surface area contributed by atoms with Crippen molar-refractivity contribution in [2.45, 2.75) is 38.1 Å². The Labute approximate surface area is 143 Å². The largest absolute Gasteiger partial charge is 0.480 e. The predicted octanol–water partition coefficient (Wildman–Crippen LogP) is 4.29. The Morgan fingerprint density at radius 2 is 1.61 bits per heavy atom. The van der Waals surface area contributed by atoms with Crippen molar-refractivity contribution in [1.29, 1.82) is 0 Å². The van der Waals surface area contributed by atoms with Crippen molar-refractivity contribution < 1.29 is 9.90 Å². The third kappa shape index (κ3) is 5.08. The molecule has 3 N–H and O–H groups in total. The van der Waals surface area contributed by atoms with Crippen LogP contribution in [0.2, 0.25) is 0 Å². The van der Waals surface area contributed by atoms with Gasteiger partial charge < -0.3 is 10.8 Å². The number of carboxylic acids is 1. The second-order valence-corrected chi connectivity index (χ2v) is 5.80. The topological polar surface area (TPSA) is 63.3 Å². The monoisotopic (exact) mass is 333 g/mol. The van der Waals surface area contributed by atoms with Crippen LogP contribution in [-0.4, -0.2) is 16.6 Å². The first kappa shape index (κ1) is 19.2. The molecule has 0 unspecified atom stereocenters. The number of hydrogen-bond donors (Lipinski definition) is 2. The van der Waals surface area contributed by atoms with Crippen molar-refractivity contribution in [3.8, 4) is 11.1 Å². The second kappa shape index (κ2) is 8.70. The van der Waals surface area contributed by atoms with Gasteiger partial charge in [-0.05, 0) is 23.1 Å². The number of benzene rings is 2. The van der Waals surface area contributed by atoms with Gasteiger partial charge in [0.15, 0.2) is 0 Å². The number of aliphatic carboxylic acids is 1. The molecule has 0 aliphatic carbocycles. The Morgan fingerprint density at radius 1 is 1.04 bits per heavy atom. The molecule has 3 nitrogen and oxygen atoms in total. The molecular formula is C19H24ClNO2. The Bertz CT molecular complexity index is 613. The normalized spacial score (nSPS) is 13.0. The van der Waals surface area contributed by atoms with Crippen LogP contribution in [0.1, 0.15) is 31.7 Å². The van der Waals surface area contributed by atoms with E-state index in [1.165, 1.54) is 0 Å². The van der Waals surface area contributed by atoms with Gasteiger partial charge in [-0.1, -0.05) is 74.4 Å². The molecule has 0 fully saturated rings. The van der Waals surface area contributed by atoms with E-state index < -0.39 is 11.5 Å². The summed E-state index contributed by atoms with van der Waals surface area (Å²) in [5.41, 5.74) is 8.16. The molecule has 23 heavy (non-hydrogen) atoms. The zero-order valence-corrected chi connectivity index (χ0v) is 14.2. The molecular weight excluding hydrogens is 310 g/mol. The van der Waals surface area contributed by atoms with Gasteiger partial charge in [0.2, 0.25) is 0 Å². The fourth-order valence-electron chi connectivity index (χ4n) is 2.57. The molecule has 1 atom stereocenters. The van der Waals surface area contributed by atoms with Crippen molar-refractivity contribution in [2.24, 2.45) is 5.73 Å². The second-order valence-electron chi connectivity index (χ2n) is 5.80. The first-order valence-corrected chi connectivity index (χ1v) is 7.72. The van der Waals surface area contributed by atoms with Crippen LogP contribution in [0.15, 0.2) is 54.6 Å². The van der Waals surface area contributed by atoms with Crippen LogP contribution in [0.25, 0.3) is 11.1 Å². The van der Waals surface area contributed by atoms with Crippen molar-refractivity contribution in [2.75, 3.05) is 0 Å². The molecule has 2 aromatic rings. The van der Waals surface area contributed by atoms with E-state index in [1.807, 2.05) is 49.4 Å². The number of carbonyl (C=O) groups is 1. The van der Waals surface area contributed by atoms with Gasteiger partial charge in [-0.15, -0.1) is 12.4 Å². The molecule has 0 heterocycles. The van der Waals surface area contributed by atoms with Crippen LogP contribution in [0.4, 0.5) is 0 Å². The maximum atomic E-state index is 11.5. The average Bonchev–Trinajstić information content (AvgIpc) is 2.54. The molecule has 0 radical (unpaired) electrons. The minimum absolute atomic E-state index is 0. The van der Waals surface area contributed by atoms with Gasteiger partial charge in [-0.3, -0.25) is 4.79 Å². The summed E-state index contributed by atoms with van der Waals surface area (Å²) in [6.07, 6.45) is 2.63. The zero-order valence-electron chi connectivity index (χ0n) is 13.4. The first-order valence-electron chi connectivity index (χ1n) is 7.72. The summed E-state index contributed by atoms with van der Waals surface area (Å²) in [6.45, 7) is 2.04. The predicted molar refractivity (Wildman–Crippen MR) is 96.9 cm³/mol. The van der Waals surface area contributed by atoms with E-state index in [1.54, 1.807) is 0 Å². The summed E-state index contributed by atoms with van der Waals surface area (Å²) >= 11 is 0. The van der Waals surface area contributed by atoms with Crippen LogP contribution in [0.3, 0.4) is 0 Å². The van der Waals surface area contributed by atoms with E-state index in [9.17, 15) is 9.90 Å². The minimum Gasteiger partial charge on any atom is -0.480 e. The molecule has 0 saturated heterocycles. The molecule has 2 rings (SSSR count). The highest BCUT2D eigenvalue weighted by atomic mass is 35.5. The highest BCUT2D eigenvalue weighted by molar-refractivity contribution is 5.85. The Morgan fingerprint density at radius 3 is 2.13 bits per heavy atom. The van der Waals surface area contributed by atoms with Crippen LogP contribution < -0.4 is 5.73 Å². The molecule has 0 saturated carbocycles. The minimum atomic E-state index is -1.18. The van der Waals surface area contributed by atoms with E-state index in [2.05, 4.69) is 12.1 Å². The highest BCUT2D eigenvalue weighted by Crippen LogP contribution is 2.22. The Kier molecular flexibility index (Phi) is 7.27. The van der Waals surface area contributed by atoms with Crippen molar-refractivity contribution in [3.05, 3.63) is 60.2 Å². The quantitative estimate of drug-likeness (QED) is 0.794. The van der Waals surface area contributed by atoms with E-state index >= 15 is 0 Å². The van der Waals surface area contributed by atoms with Gasteiger partial charge in [0.25, 0.3) is 0 Å². The van der Waals surface area contributed by atoms with Crippen molar-refractivity contribution in [3.63, 3.8) is 0 Å². The lowest BCUT2D eigenvalue weighted by atomic mass is 9.86. The van der Waals surface area contributed by atoms with Gasteiger partial charge >= 0.3 is 5.97 Å². The first-order chi connectivity index (χ1) is 10.5. The number of hydrogen-bond acceptors (Lipinski definition) is 2. The maximum Gasteiger partial charge on any atom is 0.324 e. The average molecular weight is 334 g/mol.